The van der Waals surface area contributed by atoms with E-state index in [1.54, 1.807) is 6.20 Å². The lowest BCUT2D eigenvalue weighted by Gasteiger charge is -2.30. The maximum Gasteiger partial charge on any atom is 0.125 e. The molecule has 1 aromatic carbocycles. The summed E-state index contributed by atoms with van der Waals surface area (Å²) in [6.45, 7) is 3.95. The second-order valence-corrected chi connectivity index (χ2v) is 4.23. The molecule has 0 spiro atoms. The van der Waals surface area contributed by atoms with E-state index in [-0.39, 0.29) is 5.82 Å². The summed E-state index contributed by atoms with van der Waals surface area (Å²) >= 11 is 0. The van der Waals surface area contributed by atoms with Gasteiger partial charge in [0, 0.05) is 49.5 Å². The first-order chi connectivity index (χ1) is 8.34. The van der Waals surface area contributed by atoms with Gasteiger partial charge in [-0.3, -0.25) is 4.98 Å². The molecule has 2 heterocycles. The molecule has 0 amide bonds. The Labute approximate surface area is 99.3 Å². The van der Waals surface area contributed by atoms with Crippen molar-refractivity contribution in [3.8, 4) is 0 Å². The van der Waals surface area contributed by atoms with E-state index in [1.807, 2.05) is 12.1 Å². The molecule has 17 heavy (non-hydrogen) atoms. The molecule has 0 bridgehead atoms. The van der Waals surface area contributed by atoms with Crippen molar-refractivity contribution in [2.45, 2.75) is 0 Å². The molecule has 0 radical (unpaired) electrons. The zero-order chi connectivity index (χ0) is 11.7. The van der Waals surface area contributed by atoms with Gasteiger partial charge >= 0.3 is 0 Å². The Morgan fingerprint density at radius 3 is 2.82 bits per heavy atom. The van der Waals surface area contributed by atoms with E-state index in [4.69, 9.17) is 0 Å². The fourth-order valence-electron chi connectivity index (χ4n) is 2.29. The summed E-state index contributed by atoms with van der Waals surface area (Å²) in [5.41, 5.74) is 1.87. The summed E-state index contributed by atoms with van der Waals surface area (Å²) in [6.07, 6.45) is 1.75. The third-order valence-corrected chi connectivity index (χ3v) is 3.14. The average molecular weight is 231 g/mol. The second-order valence-electron chi connectivity index (χ2n) is 4.23. The second kappa shape index (κ2) is 4.30. The normalized spacial score (nSPS) is 16.4. The lowest BCUT2D eigenvalue weighted by atomic mass is 10.1. The van der Waals surface area contributed by atoms with Crippen molar-refractivity contribution < 1.29 is 4.39 Å². The van der Waals surface area contributed by atoms with Crippen LogP contribution in [0, 0.1) is 5.82 Å². The molecule has 1 N–H and O–H groups in total. The first-order valence-corrected chi connectivity index (χ1v) is 5.84. The Balaban J connectivity index is 2.09. The number of pyridine rings is 1. The quantitative estimate of drug-likeness (QED) is 0.811. The van der Waals surface area contributed by atoms with Gasteiger partial charge in [0.2, 0.25) is 0 Å². The summed E-state index contributed by atoms with van der Waals surface area (Å²) in [5.74, 6) is -0.234. The minimum atomic E-state index is -0.234. The van der Waals surface area contributed by atoms with Crippen molar-refractivity contribution in [1.29, 1.82) is 0 Å². The van der Waals surface area contributed by atoms with E-state index in [0.29, 0.717) is 0 Å². The number of nitrogens with one attached hydrogen (secondary N) is 1. The molecular weight excluding hydrogens is 217 g/mol. The van der Waals surface area contributed by atoms with Gasteiger partial charge in [0.1, 0.15) is 5.82 Å². The maximum absolute atomic E-state index is 13.1. The highest BCUT2D eigenvalue weighted by atomic mass is 19.1. The van der Waals surface area contributed by atoms with Gasteiger partial charge in [0.25, 0.3) is 0 Å². The monoisotopic (exact) mass is 231 g/mol. The van der Waals surface area contributed by atoms with Crippen LogP contribution in [0.15, 0.2) is 30.5 Å². The number of hydrogen-bond acceptors (Lipinski definition) is 3. The smallest absolute Gasteiger partial charge is 0.125 e. The first-order valence-electron chi connectivity index (χ1n) is 5.84. The highest BCUT2D eigenvalue weighted by Crippen LogP contribution is 2.25. The third kappa shape index (κ3) is 1.96. The molecule has 0 atom stereocenters. The number of fused-ring (bicyclic) bond motifs is 1. The van der Waals surface area contributed by atoms with E-state index in [2.05, 4.69) is 15.2 Å². The summed E-state index contributed by atoms with van der Waals surface area (Å²) < 4.78 is 13.1. The number of nitrogens with zero attached hydrogens (tertiary/aromatic N) is 2. The highest BCUT2D eigenvalue weighted by molar-refractivity contribution is 5.91. The Hall–Kier alpha value is -1.68. The van der Waals surface area contributed by atoms with Gasteiger partial charge in [0.15, 0.2) is 0 Å². The molecule has 1 fully saturated rings. The predicted octanol–water partition coefficient (Wildman–Crippen LogP) is 1.78. The van der Waals surface area contributed by atoms with Gasteiger partial charge in [-0.15, -0.1) is 0 Å². The highest BCUT2D eigenvalue weighted by Gasteiger charge is 2.13. The predicted molar refractivity (Wildman–Crippen MR) is 66.8 cm³/mol. The maximum atomic E-state index is 13.1. The summed E-state index contributed by atoms with van der Waals surface area (Å²) in [5, 5.41) is 4.35. The molecule has 1 saturated heterocycles. The molecular formula is C13H14FN3. The molecule has 2 aromatic rings. The summed E-state index contributed by atoms with van der Waals surface area (Å²) in [4.78, 5) is 6.53. The fraction of sp³-hybridized carbons (Fsp3) is 0.308. The standard InChI is InChI=1S/C13H14FN3/c14-10-1-2-11-12(9-10)16-4-3-13(11)17-7-5-15-6-8-17/h1-4,9,15H,5-8H2. The van der Waals surface area contributed by atoms with Crippen LogP contribution in [0.4, 0.5) is 10.1 Å². The molecule has 4 heteroatoms. The molecule has 0 saturated carbocycles. The van der Waals surface area contributed by atoms with Crippen LogP contribution in [0.25, 0.3) is 10.9 Å². The van der Waals surface area contributed by atoms with E-state index in [9.17, 15) is 4.39 Å². The van der Waals surface area contributed by atoms with Crippen molar-refractivity contribution in [3.05, 3.63) is 36.3 Å². The summed E-state index contributed by atoms with van der Waals surface area (Å²) in [7, 11) is 0. The van der Waals surface area contributed by atoms with Crippen LogP contribution < -0.4 is 10.2 Å². The molecule has 0 aliphatic carbocycles. The molecule has 3 nitrogen and oxygen atoms in total. The lowest BCUT2D eigenvalue weighted by Crippen LogP contribution is -2.43. The minimum absolute atomic E-state index is 0.234. The van der Waals surface area contributed by atoms with Crippen molar-refractivity contribution in [3.63, 3.8) is 0 Å². The van der Waals surface area contributed by atoms with Crippen LogP contribution in [0.3, 0.4) is 0 Å². The zero-order valence-corrected chi connectivity index (χ0v) is 9.49. The van der Waals surface area contributed by atoms with Crippen LogP contribution >= 0.6 is 0 Å². The number of piperazine rings is 1. The molecule has 3 rings (SSSR count). The number of rotatable bonds is 1. The largest absolute Gasteiger partial charge is 0.368 e. The number of benzene rings is 1. The van der Waals surface area contributed by atoms with E-state index >= 15 is 0 Å². The van der Waals surface area contributed by atoms with Crippen LogP contribution in [-0.4, -0.2) is 31.2 Å². The Bertz CT molecular complexity index is 535. The third-order valence-electron chi connectivity index (χ3n) is 3.14. The number of anilines is 1. The Morgan fingerprint density at radius 1 is 1.18 bits per heavy atom. The fourth-order valence-corrected chi connectivity index (χ4v) is 2.29. The number of hydrogen-bond donors (Lipinski definition) is 1. The average Bonchev–Trinajstić information content (AvgIpc) is 2.39. The van der Waals surface area contributed by atoms with E-state index in [0.717, 1.165) is 42.8 Å². The van der Waals surface area contributed by atoms with E-state index in [1.165, 1.54) is 12.1 Å². The number of halogens is 1. The van der Waals surface area contributed by atoms with Crippen LogP contribution in [0.1, 0.15) is 0 Å². The van der Waals surface area contributed by atoms with Crippen LogP contribution in [0.2, 0.25) is 0 Å². The minimum Gasteiger partial charge on any atom is -0.368 e. The molecule has 0 unspecified atom stereocenters. The zero-order valence-electron chi connectivity index (χ0n) is 9.49. The molecule has 1 aliphatic heterocycles. The van der Waals surface area contributed by atoms with Gasteiger partial charge < -0.3 is 10.2 Å². The van der Waals surface area contributed by atoms with Crippen molar-refractivity contribution >= 4 is 16.6 Å². The van der Waals surface area contributed by atoms with Gasteiger partial charge in [0.05, 0.1) is 5.52 Å². The SMILES string of the molecule is Fc1ccc2c(N3CCNCC3)ccnc2c1. The number of aromatic nitrogens is 1. The van der Waals surface area contributed by atoms with E-state index < -0.39 is 0 Å². The van der Waals surface area contributed by atoms with Crippen LogP contribution in [-0.2, 0) is 0 Å². The Kier molecular flexibility index (Phi) is 2.65. The van der Waals surface area contributed by atoms with Crippen LogP contribution in [0.5, 0.6) is 0 Å². The summed E-state index contributed by atoms with van der Waals surface area (Å²) in [6, 6.07) is 6.80. The van der Waals surface area contributed by atoms with Gasteiger partial charge in [-0.1, -0.05) is 0 Å². The van der Waals surface area contributed by atoms with Gasteiger partial charge in [-0.25, -0.2) is 4.39 Å². The molecule has 1 aliphatic rings. The molecule has 1 aromatic heterocycles. The van der Waals surface area contributed by atoms with Crippen molar-refractivity contribution in [2.75, 3.05) is 31.1 Å². The Morgan fingerprint density at radius 2 is 2.00 bits per heavy atom. The van der Waals surface area contributed by atoms with Gasteiger partial charge in [-0.05, 0) is 18.2 Å². The van der Waals surface area contributed by atoms with Crippen molar-refractivity contribution in [2.24, 2.45) is 0 Å². The first kappa shape index (κ1) is 10.5. The lowest BCUT2D eigenvalue weighted by molar-refractivity contribution is 0.590. The topological polar surface area (TPSA) is 28.2 Å². The van der Waals surface area contributed by atoms with Crippen molar-refractivity contribution in [1.82, 2.24) is 10.3 Å². The van der Waals surface area contributed by atoms with Gasteiger partial charge in [-0.2, -0.15) is 0 Å². The molecule has 88 valence electrons.